The molecule has 1 atom stereocenters. The lowest BCUT2D eigenvalue weighted by Crippen LogP contribution is -2.30. The van der Waals surface area contributed by atoms with Crippen molar-refractivity contribution < 1.29 is 32.5 Å². The summed E-state index contributed by atoms with van der Waals surface area (Å²) in [4.78, 5) is 10.9. The number of rotatable bonds is 3. The summed E-state index contributed by atoms with van der Waals surface area (Å²) >= 11 is 0. The van der Waals surface area contributed by atoms with E-state index in [0.29, 0.717) is 29.9 Å². The number of halogens is 3. The second kappa shape index (κ2) is 6.54. The van der Waals surface area contributed by atoms with Gasteiger partial charge in [0.25, 0.3) is 0 Å². The SMILES string of the molecule is O=C(O)NC1CCOc2ccc(-c3ccc(OC(F)(F)F)cc3)cc21. The molecule has 0 aromatic heterocycles. The van der Waals surface area contributed by atoms with E-state index in [1.807, 2.05) is 0 Å². The lowest BCUT2D eigenvalue weighted by atomic mass is 9.95. The molecule has 0 radical (unpaired) electrons. The van der Waals surface area contributed by atoms with E-state index in [4.69, 9.17) is 9.84 Å². The molecule has 0 bridgehead atoms. The van der Waals surface area contributed by atoms with Gasteiger partial charge in [-0.05, 0) is 35.4 Å². The van der Waals surface area contributed by atoms with Gasteiger partial charge < -0.3 is 19.9 Å². The van der Waals surface area contributed by atoms with Crippen LogP contribution in [0.2, 0.25) is 0 Å². The van der Waals surface area contributed by atoms with Crippen molar-refractivity contribution >= 4 is 6.09 Å². The Kier molecular flexibility index (Phi) is 4.43. The molecule has 0 saturated carbocycles. The lowest BCUT2D eigenvalue weighted by molar-refractivity contribution is -0.274. The molecule has 1 amide bonds. The average molecular weight is 353 g/mol. The molecule has 0 aliphatic carbocycles. The Morgan fingerprint density at radius 2 is 1.84 bits per heavy atom. The highest BCUT2D eigenvalue weighted by molar-refractivity contribution is 5.69. The van der Waals surface area contributed by atoms with Crippen LogP contribution in [-0.4, -0.2) is 24.2 Å². The summed E-state index contributed by atoms with van der Waals surface area (Å²) < 4.78 is 46.0. The smallest absolute Gasteiger partial charge is 0.493 e. The van der Waals surface area contributed by atoms with Gasteiger partial charge in [-0.1, -0.05) is 18.2 Å². The second-order valence-corrected chi connectivity index (χ2v) is 5.46. The monoisotopic (exact) mass is 353 g/mol. The summed E-state index contributed by atoms with van der Waals surface area (Å²) in [5, 5.41) is 11.4. The third kappa shape index (κ3) is 4.14. The number of ether oxygens (including phenoxy) is 2. The minimum atomic E-state index is -4.74. The van der Waals surface area contributed by atoms with Gasteiger partial charge >= 0.3 is 12.5 Å². The molecule has 3 rings (SSSR count). The number of benzene rings is 2. The maximum absolute atomic E-state index is 12.2. The molecule has 2 aromatic carbocycles. The Morgan fingerprint density at radius 1 is 1.16 bits per heavy atom. The zero-order valence-electron chi connectivity index (χ0n) is 12.8. The molecule has 0 saturated heterocycles. The third-order valence-electron chi connectivity index (χ3n) is 3.77. The van der Waals surface area contributed by atoms with Crippen LogP contribution in [0.4, 0.5) is 18.0 Å². The van der Waals surface area contributed by atoms with Crippen LogP contribution in [0.25, 0.3) is 11.1 Å². The highest BCUT2D eigenvalue weighted by Crippen LogP contribution is 2.36. The molecule has 0 spiro atoms. The van der Waals surface area contributed by atoms with Crippen molar-refractivity contribution in [1.82, 2.24) is 5.32 Å². The predicted octanol–water partition coefficient (Wildman–Crippen LogP) is 4.34. The van der Waals surface area contributed by atoms with Gasteiger partial charge in [0.1, 0.15) is 11.5 Å². The summed E-state index contributed by atoms with van der Waals surface area (Å²) in [6, 6.07) is 10.3. The van der Waals surface area contributed by atoms with Crippen molar-refractivity contribution in [2.75, 3.05) is 6.61 Å². The first-order valence-electron chi connectivity index (χ1n) is 7.44. The third-order valence-corrected chi connectivity index (χ3v) is 3.77. The van der Waals surface area contributed by atoms with Crippen LogP contribution >= 0.6 is 0 Å². The minimum Gasteiger partial charge on any atom is -0.493 e. The van der Waals surface area contributed by atoms with E-state index in [1.165, 1.54) is 24.3 Å². The van der Waals surface area contributed by atoms with Crippen LogP contribution in [-0.2, 0) is 0 Å². The molecule has 132 valence electrons. The summed E-state index contributed by atoms with van der Waals surface area (Å²) in [6.07, 6.45) is -5.36. The highest BCUT2D eigenvalue weighted by Gasteiger charge is 2.31. The van der Waals surface area contributed by atoms with Crippen molar-refractivity contribution in [3.63, 3.8) is 0 Å². The topological polar surface area (TPSA) is 67.8 Å². The van der Waals surface area contributed by atoms with Crippen molar-refractivity contribution in [2.45, 2.75) is 18.8 Å². The summed E-state index contributed by atoms with van der Waals surface area (Å²) in [5.41, 5.74) is 2.11. The number of carbonyl (C=O) groups is 1. The summed E-state index contributed by atoms with van der Waals surface area (Å²) in [7, 11) is 0. The Bertz CT molecular complexity index is 774. The zero-order chi connectivity index (χ0) is 18.0. The van der Waals surface area contributed by atoms with Gasteiger partial charge in [0.15, 0.2) is 0 Å². The molecular formula is C17H14F3NO4. The molecule has 1 aliphatic rings. The number of alkyl halides is 3. The summed E-state index contributed by atoms with van der Waals surface area (Å²) in [5.74, 6) is 0.286. The van der Waals surface area contributed by atoms with E-state index in [9.17, 15) is 18.0 Å². The van der Waals surface area contributed by atoms with Crippen LogP contribution in [0.15, 0.2) is 42.5 Å². The van der Waals surface area contributed by atoms with Gasteiger partial charge in [-0.2, -0.15) is 0 Å². The van der Waals surface area contributed by atoms with E-state index < -0.39 is 18.5 Å². The lowest BCUT2D eigenvalue weighted by Gasteiger charge is -2.26. The predicted molar refractivity (Wildman–Crippen MR) is 82.6 cm³/mol. The largest absolute Gasteiger partial charge is 0.573 e. The van der Waals surface area contributed by atoms with Gasteiger partial charge in [-0.25, -0.2) is 4.79 Å². The number of fused-ring (bicyclic) bond motifs is 1. The standard InChI is InChI=1S/C17H14F3NO4/c18-17(19,20)25-12-4-1-10(2-5-12)11-3-6-15-13(9-11)14(7-8-24-15)21-16(22)23/h1-6,9,14,21H,7-8H2,(H,22,23). The molecule has 5 nitrogen and oxygen atoms in total. The van der Waals surface area contributed by atoms with Crippen molar-refractivity contribution in [1.29, 1.82) is 0 Å². The van der Waals surface area contributed by atoms with Gasteiger partial charge in [0, 0.05) is 12.0 Å². The Labute approximate surface area is 141 Å². The zero-order valence-corrected chi connectivity index (χ0v) is 12.8. The van der Waals surface area contributed by atoms with Crippen LogP contribution < -0.4 is 14.8 Å². The number of hydrogen-bond acceptors (Lipinski definition) is 3. The maximum atomic E-state index is 12.2. The quantitative estimate of drug-likeness (QED) is 0.861. The number of nitrogens with one attached hydrogen (secondary N) is 1. The Hall–Kier alpha value is -2.90. The van der Waals surface area contributed by atoms with Crippen molar-refractivity contribution in [3.8, 4) is 22.6 Å². The van der Waals surface area contributed by atoms with Gasteiger partial charge in [-0.3, -0.25) is 0 Å². The second-order valence-electron chi connectivity index (χ2n) is 5.46. The Balaban J connectivity index is 1.87. The van der Waals surface area contributed by atoms with Crippen LogP contribution in [0.3, 0.4) is 0 Å². The van der Waals surface area contributed by atoms with Gasteiger partial charge in [-0.15, -0.1) is 13.2 Å². The van der Waals surface area contributed by atoms with Crippen LogP contribution in [0, 0.1) is 0 Å². The first-order valence-corrected chi connectivity index (χ1v) is 7.44. The fourth-order valence-electron chi connectivity index (χ4n) is 2.72. The molecule has 0 fully saturated rings. The van der Waals surface area contributed by atoms with E-state index in [1.54, 1.807) is 18.2 Å². The molecule has 1 unspecified atom stereocenters. The Morgan fingerprint density at radius 3 is 2.48 bits per heavy atom. The molecule has 25 heavy (non-hydrogen) atoms. The summed E-state index contributed by atoms with van der Waals surface area (Å²) in [6.45, 7) is 0.404. The minimum absolute atomic E-state index is 0.303. The molecule has 2 aromatic rings. The van der Waals surface area contributed by atoms with Crippen LogP contribution in [0.1, 0.15) is 18.0 Å². The fourth-order valence-corrected chi connectivity index (χ4v) is 2.72. The molecule has 1 aliphatic heterocycles. The number of amides is 1. The fraction of sp³-hybridized carbons (Fsp3) is 0.235. The van der Waals surface area contributed by atoms with E-state index in [-0.39, 0.29) is 5.75 Å². The van der Waals surface area contributed by atoms with Gasteiger partial charge in [0.05, 0.1) is 12.6 Å². The van der Waals surface area contributed by atoms with Crippen molar-refractivity contribution in [2.24, 2.45) is 0 Å². The number of carboxylic acid groups (broad SMARTS) is 1. The molecule has 8 heteroatoms. The molecule has 1 heterocycles. The number of hydrogen-bond donors (Lipinski definition) is 2. The molecule has 2 N–H and O–H groups in total. The first-order chi connectivity index (χ1) is 11.8. The van der Waals surface area contributed by atoms with Crippen molar-refractivity contribution in [3.05, 3.63) is 48.0 Å². The van der Waals surface area contributed by atoms with E-state index in [0.717, 1.165) is 5.56 Å². The first kappa shape index (κ1) is 16.9. The van der Waals surface area contributed by atoms with Gasteiger partial charge in [0.2, 0.25) is 0 Å². The molecular weight excluding hydrogens is 339 g/mol. The normalized spacial score (nSPS) is 16.5. The maximum Gasteiger partial charge on any atom is 0.573 e. The van der Waals surface area contributed by atoms with Crippen LogP contribution in [0.5, 0.6) is 11.5 Å². The average Bonchev–Trinajstić information content (AvgIpc) is 2.53. The van der Waals surface area contributed by atoms with E-state index >= 15 is 0 Å². The highest BCUT2D eigenvalue weighted by atomic mass is 19.4. The van der Waals surface area contributed by atoms with E-state index in [2.05, 4.69) is 10.1 Å².